The summed E-state index contributed by atoms with van der Waals surface area (Å²) >= 11 is 0. The number of nitrogens with zero attached hydrogens (tertiary/aromatic N) is 5. The quantitative estimate of drug-likeness (QED) is 0.332. The molecular weight excluding hydrogens is 436 g/mol. The summed E-state index contributed by atoms with van der Waals surface area (Å²) in [6.07, 6.45) is 4.79. The van der Waals surface area contributed by atoms with E-state index in [2.05, 4.69) is 19.7 Å². The van der Waals surface area contributed by atoms with Crippen molar-refractivity contribution in [1.29, 1.82) is 0 Å². The van der Waals surface area contributed by atoms with Crippen LogP contribution in [0.15, 0.2) is 78.2 Å². The number of nitro groups is 1. The molecule has 4 aromatic rings. The lowest BCUT2D eigenvalue weighted by Gasteiger charge is -2.10. The smallest absolute Gasteiger partial charge is 0.270 e. The first-order chi connectivity index (χ1) is 15.3. The maximum absolute atomic E-state index is 12.5. The van der Waals surface area contributed by atoms with Crippen molar-refractivity contribution in [3.05, 3.63) is 89.3 Å². The number of anilines is 1. The second-order valence-electron chi connectivity index (χ2n) is 6.55. The molecular formula is C20H16N6O5S. The Morgan fingerprint density at radius 1 is 1.06 bits per heavy atom. The van der Waals surface area contributed by atoms with E-state index in [0.29, 0.717) is 17.4 Å². The molecule has 0 bridgehead atoms. The zero-order valence-corrected chi connectivity index (χ0v) is 17.4. The van der Waals surface area contributed by atoms with Crippen LogP contribution in [0.3, 0.4) is 0 Å². The van der Waals surface area contributed by atoms with Gasteiger partial charge in [0.25, 0.3) is 15.7 Å². The Hall–Kier alpha value is -4.32. The van der Waals surface area contributed by atoms with Gasteiger partial charge in [0.05, 0.1) is 9.82 Å². The average Bonchev–Trinajstić information content (AvgIpc) is 3.21. The lowest BCUT2D eigenvalue weighted by atomic mass is 10.3. The van der Waals surface area contributed by atoms with Crippen LogP contribution in [0, 0.1) is 17.0 Å². The summed E-state index contributed by atoms with van der Waals surface area (Å²) in [4.78, 5) is 22.5. The van der Waals surface area contributed by atoms with E-state index in [0.717, 1.165) is 11.9 Å². The molecule has 0 aliphatic rings. The van der Waals surface area contributed by atoms with E-state index < -0.39 is 14.9 Å². The predicted octanol–water partition coefficient (Wildman–Crippen LogP) is 3.47. The molecule has 32 heavy (non-hydrogen) atoms. The zero-order chi connectivity index (χ0) is 22.7. The van der Waals surface area contributed by atoms with Crippen molar-refractivity contribution in [3.63, 3.8) is 0 Å². The van der Waals surface area contributed by atoms with Crippen LogP contribution < -0.4 is 9.46 Å². The Morgan fingerprint density at radius 3 is 2.53 bits per heavy atom. The van der Waals surface area contributed by atoms with Gasteiger partial charge in [0, 0.05) is 36.3 Å². The van der Waals surface area contributed by atoms with Crippen LogP contribution in [-0.4, -0.2) is 32.9 Å². The van der Waals surface area contributed by atoms with Gasteiger partial charge in [-0.2, -0.15) is 0 Å². The largest absolute Gasteiger partial charge is 0.439 e. The number of hydrogen-bond acceptors (Lipinski definition) is 8. The van der Waals surface area contributed by atoms with E-state index in [1.807, 2.05) is 6.92 Å². The van der Waals surface area contributed by atoms with Gasteiger partial charge in [0.15, 0.2) is 0 Å². The molecule has 0 amide bonds. The molecule has 2 aromatic carbocycles. The molecule has 12 heteroatoms. The number of benzene rings is 2. The van der Waals surface area contributed by atoms with Gasteiger partial charge in [-0.15, -0.1) is 0 Å². The van der Waals surface area contributed by atoms with Crippen molar-refractivity contribution < 1.29 is 18.1 Å². The van der Waals surface area contributed by atoms with E-state index in [1.165, 1.54) is 36.7 Å². The molecule has 0 aliphatic heterocycles. The third-order valence-electron chi connectivity index (χ3n) is 4.37. The number of aromatic nitrogens is 4. The van der Waals surface area contributed by atoms with Crippen LogP contribution in [-0.2, 0) is 10.0 Å². The summed E-state index contributed by atoms with van der Waals surface area (Å²) in [5.74, 6) is 2.07. The van der Waals surface area contributed by atoms with Crippen LogP contribution in [0.4, 0.5) is 11.4 Å². The fraction of sp³-hybridized carbons (Fsp3) is 0.0500. The summed E-state index contributed by atoms with van der Waals surface area (Å²) in [5.41, 5.74) is -0.0481. The van der Waals surface area contributed by atoms with E-state index in [-0.39, 0.29) is 16.3 Å². The Labute approximate surface area is 182 Å². The SMILES string of the molecule is Cc1nccn1-c1cc(Oc2ccc(NS(=O)(=O)c3cccc([N+](=O)[O-])c3)cc2)ncn1. The Morgan fingerprint density at radius 2 is 1.84 bits per heavy atom. The summed E-state index contributed by atoms with van der Waals surface area (Å²) in [5, 5.41) is 10.9. The highest BCUT2D eigenvalue weighted by Crippen LogP contribution is 2.25. The van der Waals surface area contributed by atoms with Gasteiger partial charge >= 0.3 is 0 Å². The lowest BCUT2D eigenvalue weighted by Crippen LogP contribution is -2.13. The second-order valence-corrected chi connectivity index (χ2v) is 8.23. The first kappa shape index (κ1) is 20.9. The highest BCUT2D eigenvalue weighted by molar-refractivity contribution is 7.92. The van der Waals surface area contributed by atoms with Crippen molar-refractivity contribution in [1.82, 2.24) is 19.5 Å². The van der Waals surface area contributed by atoms with E-state index in [4.69, 9.17) is 4.74 Å². The molecule has 1 N–H and O–H groups in total. The molecule has 0 aliphatic carbocycles. The molecule has 2 aromatic heterocycles. The monoisotopic (exact) mass is 452 g/mol. The maximum Gasteiger partial charge on any atom is 0.270 e. The summed E-state index contributed by atoms with van der Waals surface area (Å²) in [6, 6.07) is 12.6. The molecule has 0 unspecified atom stereocenters. The predicted molar refractivity (Wildman–Crippen MR) is 114 cm³/mol. The summed E-state index contributed by atoms with van der Waals surface area (Å²) in [7, 11) is -4.00. The topological polar surface area (TPSA) is 142 Å². The van der Waals surface area contributed by atoms with E-state index in [1.54, 1.807) is 35.2 Å². The van der Waals surface area contributed by atoms with Crippen LogP contribution in [0.2, 0.25) is 0 Å². The van der Waals surface area contributed by atoms with Crippen molar-refractivity contribution in [2.45, 2.75) is 11.8 Å². The number of rotatable bonds is 7. The number of ether oxygens (including phenoxy) is 1. The average molecular weight is 452 g/mol. The summed E-state index contributed by atoms with van der Waals surface area (Å²) in [6.45, 7) is 1.84. The zero-order valence-electron chi connectivity index (χ0n) is 16.6. The minimum absolute atomic E-state index is 0.213. The summed E-state index contributed by atoms with van der Waals surface area (Å²) < 4.78 is 35.0. The number of nitrogens with one attached hydrogen (secondary N) is 1. The molecule has 0 fully saturated rings. The minimum atomic E-state index is -4.00. The second kappa shape index (κ2) is 8.43. The fourth-order valence-corrected chi connectivity index (χ4v) is 3.93. The Bertz CT molecular complexity index is 1390. The number of nitro benzene ring substituents is 1. The van der Waals surface area contributed by atoms with Gasteiger partial charge < -0.3 is 4.74 Å². The molecule has 2 heterocycles. The lowest BCUT2D eigenvalue weighted by molar-refractivity contribution is -0.385. The van der Waals surface area contributed by atoms with E-state index in [9.17, 15) is 18.5 Å². The van der Waals surface area contributed by atoms with Gasteiger partial charge in [0.2, 0.25) is 5.88 Å². The first-order valence-electron chi connectivity index (χ1n) is 9.19. The van der Waals surface area contributed by atoms with Gasteiger partial charge in [-0.05, 0) is 37.3 Å². The van der Waals surface area contributed by atoms with Crippen molar-refractivity contribution in [2.24, 2.45) is 0 Å². The van der Waals surface area contributed by atoms with Crippen LogP contribution in [0.5, 0.6) is 11.6 Å². The van der Waals surface area contributed by atoms with Crippen LogP contribution in [0.25, 0.3) is 5.82 Å². The Kier molecular flexibility index (Phi) is 5.52. The highest BCUT2D eigenvalue weighted by Gasteiger charge is 2.18. The third kappa shape index (κ3) is 4.54. The Balaban J connectivity index is 1.49. The fourth-order valence-electron chi connectivity index (χ4n) is 2.83. The highest BCUT2D eigenvalue weighted by atomic mass is 32.2. The maximum atomic E-state index is 12.5. The molecule has 11 nitrogen and oxygen atoms in total. The van der Waals surface area contributed by atoms with Crippen molar-refractivity contribution in [2.75, 3.05) is 4.72 Å². The van der Waals surface area contributed by atoms with Crippen LogP contribution in [0.1, 0.15) is 5.82 Å². The molecule has 0 saturated carbocycles. The molecule has 0 saturated heterocycles. The molecule has 0 spiro atoms. The molecule has 162 valence electrons. The number of sulfonamides is 1. The van der Waals surface area contributed by atoms with E-state index >= 15 is 0 Å². The number of aryl methyl sites for hydroxylation is 1. The number of non-ortho nitro benzene ring substituents is 1. The first-order valence-corrected chi connectivity index (χ1v) is 10.7. The van der Waals surface area contributed by atoms with Gasteiger partial charge in [-0.25, -0.2) is 23.4 Å². The standard InChI is InChI=1S/C20H16N6O5S/c1-14-21-9-10-25(14)19-12-20(23-13-22-19)31-17-7-5-15(6-8-17)24-32(29,30)18-4-2-3-16(11-18)26(27)28/h2-13,24H,1H3. The number of hydrogen-bond donors (Lipinski definition) is 1. The van der Waals surface area contributed by atoms with Gasteiger partial charge in [-0.1, -0.05) is 6.07 Å². The van der Waals surface area contributed by atoms with Crippen LogP contribution >= 0.6 is 0 Å². The van der Waals surface area contributed by atoms with Crippen molar-refractivity contribution in [3.8, 4) is 17.4 Å². The minimum Gasteiger partial charge on any atom is -0.439 e. The normalized spacial score (nSPS) is 11.2. The van der Waals surface area contributed by atoms with Gasteiger partial charge in [0.1, 0.15) is 23.7 Å². The third-order valence-corrected chi connectivity index (χ3v) is 5.75. The molecule has 0 atom stereocenters. The molecule has 4 rings (SSSR count). The molecule has 0 radical (unpaired) electrons. The van der Waals surface area contributed by atoms with Crippen molar-refractivity contribution >= 4 is 21.4 Å². The van der Waals surface area contributed by atoms with Gasteiger partial charge in [-0.3, -0.25) is 19.4 Å². The number of imidazole rings is 1.